The topological polar surface area (TPSA) is 141 Å². The van der Waals surface area contributed by atoms with Crippen molar-refractivity contribution in [1.29, 1.82) is 0 Å². The number of hydrogen-bond donors (Lipinski definition) is 3. The lowest BCUT2D eigenvalue weighted by molar-refractivity contribution is -0.127. The number of carbonyl (C=O) groups excluding carboxylic acids is 3. The van der Waals surface area contributed by atoms with Crippen molar-refractivity contribution in [2.75, 3.05) is 46.4 Å². The number of Topliss-reactive ketones (excluding diaryl/α,β-unsaturated/α-hetero) is 1. The highest BCUT2D eigenvalue weighted by Crippen LogP contribution is 2.36. The second kappa shape index (κ2) is 11.7. The van der Waals surface area contributed by atoms with Gasteiger partial charge in [-0.15, -0.1) is 11.3 Å². The number of hydrogen-bond acceptors (Lipinski definition) is 9. The second-order valence-electron chi connectivity index (χ2n) is 8.95. The molecule has 4 aromatic rings. The summed E-state index contributed by atoms with van der Waals surface area (Å²) in [6.07, 6.45) is 3.02. The maximum atomic E-state index is 13.4. The van der Waals surface area contributed by atoms with Crippen molar-refractivity contribution in [1.82, 2.24) is 30.1 Å². The van der Waals surface area contributed by atoms with Gasteiger partial charge in [0.1, 0.15) is 16.5 Å². The van der Waals surface area contributed by atoms with Gasteiger partial charge in [-0.3, -0.25) is 14.4 Å². The quantitative estimate of drug-likeness (QED) is 0.164. The largest absolute Gasteiger partial charge is 0.494 e. The molecule has 1 fully saturated rings. The number of nitrogens with one attached hydrogen (secondary N) is 2. The second-order valence-corrected chi connectivity index (χ2v) is 9.81. The highest BCUT2D eigenvalue weighted by Gasteiger charge is 2.31. The van der Waals surface area contributed by atoms with Crippen LogP contribution in [0.15, 0.2) is 48.1 Å². The first kappa shape index (κ1) is 26.5. The maximum absolute atomic E-state index is 13.4. The van der Waals surface area contributed by atoms with Gasteiger partial charge in [0.05, 0.1) is 42.1 Å². The van der Waals surface area contributed by atoms with E-state index in [0.717, 1.165) is 5.69 Å². The standard InChI is InChI=1S/C27H28N6O5S/c1-38-20-15-30-23(25-31-18(16-39-25)13-28-7-12-34)22-21(20)19(14-29-22)24(35)27(37)33-10-8-32(9-11-33)26(36)17-5-3-2-4-6-17/h2-6,14-16,28-29,34H,7-13H2,1H3. The van der Waals surface area contributed by atoms with E-state index in [4.69, 9.17) is 9.84 Å². The molecule has 1 saturated heterocycles. The monoisotopic (exact) mass is 548 g/mol. The van der Waals surface area contributed by atoms with Gasteiger partial charge in [0.2, 0.25) is 0 Å². The van der Waals surface area contributed by atoms with Gasteiger partial charge in [0, 0.05) is 56.4 Å². The van der Waals surface area contributed by atoms with E-state index in [1.807, 2.05) is 23.6 Å². The smallest absolute Gasteiger partial charge is 0.295 e. The molecule has 1 aliphatic heterocycles. The van der Waals surface area contributed by atoms with Crippen LogP contribution in [0.25, 0.3) is 21.6 Å². The summed E-state index contributed by atoms with van der Waals surface area (Å²) >= 11 is 1.41. The van der Waals surface area contributed by atoms with Crippen molar-refractivity contribution in [2.45, 2.75) is 6.54 Å². The van der Waals surface area contributed by atoms with E-state index < -0.39 is 11.7 Å². The van der Waals surface area contributed by atoms with Crippen LogP contribution < -0.4 is 10.1 Å². The Hall–Kier alpha value is -4.13. The molecule has 1 aliphatic rings. The summed E-state index contributed by atoms with van der Waals surface area (Å²) < 4.78 is 5.49. The lowest BCUT2D eigenvalue weighted by Crippen LogP contribution is -2.52. The van der Waals surface area contributed by atoms with Crippen LogP contribution in [0.1, 0.15) is 26.4 Å². The van der Waals surface area contributed by atoms with Crippen molar-refractivity contribution in [3.63, 3.8) is 0 Å². The number of amides is 2. The minimum atomic E-state index is -0.660. The number of methoxy groups -OCH3 is 1. The van der Waals surface area contributed by atoms with Crippen LogP contribution in [-0.2, 0) is 11.3 Å². The Morgan fingerprint density at radius 3 is 2.59 bits per heavy atom. The Morgan fingerprint density at radius 2 is 1.87 bits per heavy atom. The van der Waals surface area contributed by atoms with E-state index in [1.165, 1.54) is 35.7 Å². The van der Waals surface area contributed by atoms with E-state index in [9.17, 15) is 14.4 Å². The summed E-state index contributed by atoms with van der Waals surface area (Å²) in [5.41, 5.74) is 2.69. The predicted octanol–water partition coefficient (Wildman–Crippen LogP) is 1.94. The van der Waals surface area contributed by atoms with Crippen molar-refractivity contribution in [2.24, 2.45) is 0 Å². The Kier molecular flexibility index (Phi) is 7.96. The summed E-state index contributed by atoms with van der Waals surface area (Å²) in [4.78, 5) is 54.8. The van der Waals surface area contributed by atoms with Gasteiger partial charge in [-0.2, -0.15) is 0 Å². The molecule has 39 heavy (non-hydrogen) atoms. The number of ether oxygens (including phenoxy) is 1. The molecule has 5 rings (SSSR count). The number of aromatic amines is 1. The highest BCUT2D eigenvalue weighted by molar-refractivity contribution is 7.13. The zero-order chi connectivity index (χ0) is 27.4. The van der Waals surface area contributed by atoms with Crippen molar-refractivity contribution in [3.05, 3.63) is 64.9 Å². The number of ketones is 1. The van der Waals surface area contributed by atoms with Crippen LogP contribution in [0.3, 0.4) is 0 Å². The number of fused-ring (bicyclic) bond motifs is 1. The SMILES string of the molecule is COc1cnc(-c2nc(CNCCO)cs2)c2[nH]cc(C(=O)C(=O)N3CCN(C(=O)c4ccccc4)CC3)c12. The average Bonchev–Trinajstić information content (AvgIpc) is 3.64. The molecule has 0 atom stereocenters. The maximum Gasteiger partial charge on any atom is 0.295 e. The molecule has 0 aliphatic carbocycles. The van der Waals surface area contributed by atoms with Crippen LogP contribution in [0.5, 0.6) is 5.75 Å². The van der Waals surface area contributed by atoms with E-state index in [2.05, 4.69) is 20.3 Å². The first-order valence-electron chi connectivity index (χ1n) is 12.5. The number of H-pyrrole nitrogens is 1. The molecule has 3 aromatic heterocycles. The fourth-order valence-electron chi connectivity index (χ4n) is 4.54. The first-order valence-corrected chi connectivity index (χ1v) is 13.4. The Balaban J connectivity index is 1.34. The van der Waals surface area contributed by atoms with Crippen LogP contribution in [0, 0.1) is 0 Å². The van der Waals surface area contributed by atoms with Crippen molar-refractivity contribution in [3.8, 4) is 16.5 Å². The zero-order valence-electron chi connectivity index (χ0n) is 21.3. The summed E-state index contributed by atoms with van der Waals surface area (Å²) in [5.74, 6) is -1.02. The number of carbonyl (C=O) groups is 3. The van der Waals surface area contributed by atoms with Gasteiger partial charge in [0.25, 0.3) is 17.6 Å². The van der Waals surface area contributed by atoms with Gasteiger partial charge in [-0.05, 0) is 12.1 Å². The van der Waals surface area contributed by atoms with Crippen molar-refractivity contribution < 1.29 is 24.2 Å². The molecule has 0 saturated carbocycles. The average molecular weight is 549 g/mol. The molecule has 4 heterocycles. The third-order valence-corrected chi connectivity index (χ3v) is 7.45. The lowest BCUT2D eigenvalue weighted by Gasteiger charge is -2.34. The summed E-state index contributed by atoms with van der Waals surface area (Å²) in [7, 11) is 1.48. The number of thiazole rings is 1. The van der Waals surface area contributed by atoms with Gasteiger partial charge in [0.15, 0.2) is 0 Å². The summed E-state index contributed by atoms with van der Waals surface area (Å²) in [5, 5.41) is 15.1. The molecule has 3 N–H and O–H groups in total. The van der Waals surface area contributed by atoms with Gasteiger partial charge in [-0.1, -0.05) is 18.2 Å². The number of piperazine rings is 1. The minimum absolute atomic E-state index is 0.0388. The summed E-state index contributed by atoms with van der Waals surface area (Å²) in [6.45, 7) is 2.23. The van der Waals surface area contributed by atoms with Crippen LogP contribution >= 0.6 is 11.3 Å². The van der Waals surface area contributed by atoms with Crippen molar-refractivity contribution >= 4 is 39.8 Å². The zero-order valence-corrected chi connectivity index (χ0v) is 22.2. The van der Waals surface area contributed by atoms with Crippen LogP contribution in [0.4, 0.5) is 0 Å². The predicted molar refractivity (Wildman–Crippen MR) is 146 cm³/mol. The normalized spacial score (nSPS) is 13.6. The Labute approximate surface area is 228 Å². The molecule has 0 spiro atoms. The minimum Gasteiger partial charge on any atom is -0.494 e. The van der Waals surface area contributed by atoms with Gasteiger partial charge >= 0.3 is 0 Å². The fraction of sp³-hybridized carbons (Fsp3) is 0.296. The van der Waals surface area contributed by atoms with E-state index in [-0.39, 0.29) is 31.2 Å². The molecule has 202 valence electrons. The molecule has 0 bridgehead atoms. The number of aliphatic hydroxyl groups excluding tert-OH is 1. The van der Waals surface area contributed by atoms with Crippen LogP contribution in [-0.4, -0.2) is 93.9 Å². The number of rotatable bonds is 9. The number of nitrogens with zero attached hydrogens (tertiary/aromatic N) is 4. The van der Waals surface area contributed by atoms with Crippen LogP contribution in [0.2, 0.25) is 0 Å². The molecular weight excluding hydrogens is 520 g/mol. The third-order valence-electron chi connectivity index (χ3n) is 6.56. The van der Waals surface area contributed by atoms with Gasteiger partial charge in [-0.25, -0.2) is 9.97 Å². The molecular formula is C27H28N6O5S. The van der Waals surface area contributed by atoms with E-state index in [0.29, 0.717) is 59.1 Å². The molecule has 0 unspecified atom stereocenters. The number of aliphatic hydroxyl groups is 1. The summed E-state index contributed by atoms with van der Waals surface area (Å²) in [6, 6.07) is 9.00. The van der Waals surface area contributed by atoms with Gasteiger partial charge < -0.3 is 29.9 Å². The first-order chi connectivity index (χ1) is 19.0. The number of benzene rings is 1. The van der Waals surface area contributed by atoms with E-state index >= 15 is 0 Å². The molecule has 11 nitrogen and oxygen atoms in total. The lowest BCUT2D eigenvalue weighted by atomic mass is 10.1. The molecule has 2 amide bonds. The Morgan fingerprint density at radius 1 is 1.13 bits per heavy atom. The molecule has 0 radical (unpaired) electrons. The van der Waals surface area contributed by atoms with E-state index in [1.54, 1.807) is 17.0 Å². The number of pyridine rings is 1. The molecule has 1 aromatic carbocycles. The molecule has 12 heteroatoms. The number of aromatic nitrogens is 3. The third kappa shape index (κ3) is 5.39. The fourth-order valence-corrected chi connectivity index (χ4v) is 5.36. The highest BCUT2D eigenvalue weighted by atomic mass is 32.1. The Bertz CT molecular complexity index is 1490.